The van der Waals surface area contributed by atoms with Crippen LogP contribution < -0.4 is 0 Å². The molecule has 142 valence electrons. The third kappa shape index (κ3) is 3.78. The fraction of sp³-hybridized carbons (Fsp3) is 0.238. The molecule has 0 saturated carbocycles. The van der Waals surface area contributed by atoms with Gasteiger partial charge in [0.1, 0.15) is 0 Å². The van der Waals surface area contributed by atoms with Crippen molar-refractivity contribution in [2.45, 2.75) is 12.8 Å². The number of ether oxygens (including phenoxy) is 1. The Morgan fingerprint density at radius 3 is 2.25 bits per heavy atom. The summed E-state index contributed by atoms with van der Waals surface area (Å²) in [5.74, 6) is -0.433. The number of nitrogens with zero attached hydrogens (tertiary/aromatic N) is 4. The summed E-state index contributed by atoms with van der Waals surface area (Å²) in [6.07, 6.45) is 1.98. The highest BCUT2D eigenvalue weighted by molar-refractivity contribution is 5.88. The summed E-state index contributed by atoms with van der Waals surface area (Å²) in [5.41, 5.74) is 1.60. The van der Waals surface area contributed by atoms with Gasteiger partial charge in [-0.25, -0.2) is 14.5 Å². The van der Waals surface area contributed by atoms with E-state index in [1.54, 1.807) is 9.58 Å². The molecule has 3 aromatic rings. The lowest BCUT2D eigenvalue weighted by Gasteiger charge is -2.14. The maximum Gasteiger partial charge on any atom is 0.378 e. The summed E-state index contributed by atoms with van der Waals surface area (Å²) in [6.45, 7) is 1.14. The van der Waals surface area contributed by atoms with Crippen molar-refractivity contribution >= 4 is 11.9 Å². The molecule has 0 radical (unpaired) electrons. The predicted octanol–water partition coefficient (Wildman–Crippen LogP) is 2.71. The van der Waals surface area contributed by atoms with Crippen LogP contribution in [0.2, 0.25) is 0 Å². The van der Waals surface area contributed by atoms with Gasteiger partial charge in [0, 0.05) is 18.7 Å². The first kappa shape index (κ1) is 17.9. The van der Waals surface area contributed by atoms with E-state index in [1.165, 1.54) is 0 Å². The first-order valence-electron chi connectivity index (χ1n) is 9.25. The Balaban J connectivity index is 1.58. The van der Waals surface area contributed by atoms with E-state index in [9.17, 15) is 9.59 Å². The first-order valence-corrected chi connectivity index (χ1v) is 9.25. The van der Waals surface area contributed by atoms with Crippen LogP contribution >= 0.6 is 0 Å². The van der Waals surface area contributed by atoms with Crippen molar-refractivity contribution in [1.82, 2.24) is 19.7 Å². The Hall–Kier alpha value is -3.48. The topological polar surface area (TPSA) is 77.3 Å². The molecule has 4 rings (SSSR count). The molecule has 0 spiro atoms. The van der Waals surface area contributed by atoms with Crippen LogP contribution in [-0.4, -0.2) is 51.2 Å². The molecule has 0 atom stereocenters. The maximum absolute atomic E-state index is 12.5. The number of esters is 1. The average Bonchev–Trinajstić information content (AvgIpc) is 3.43. The molecule has 2 heterocycles. The van der Waals surface area contributed by atoms with Gasteiger partial charge in [-0.2, -0.15) is 0 Å². The monoisotopic (exact) mass is 376 g/mol. The molecule has 2 aromatic carbocycles. The molecule has 1 aliphatic heterocycles. The molecule has 0 bridgehead atoms. The number of hydrogen-bond acceptors (Lipinski definition) is 5. The standard InChI is InChI=1S/C21H20N4O3/c26-18(24-13-7-8-14-24)15-28-21(27)19-22-20(16-9-3-1-4-10-16)25(23-19)17-11-5-2-6-12-17/h1-6,9-12H,7-8,13-15H2. The molecule has 0 aliphatic carbocycles. The van der Waals surface area contributed by atoms with Gasteiger partial charge in [-0.05, 0) is 25.0 Å². The summed E-state index contributed by atoms with van der Waals surface area (Å²) in [5, 5.41) is 4.34. The summed E-state index contributed by atoms with van der Waals surface area (Å²) in [6, 6.07) is 18.9. The van der Waals surface area contributed by atoms with Crippen molar-refractivity contribution in [3.8, 4) is 17.1 Å². The van der Waals surface area contributed by atoms with E-state index in [0.717, 1.165) is 37.2 Å². The van der Waals surface area contributed by atoms with E-state index in [2.05, 4.69) is 10.1 Å². The van der Waals surface area contributed by atoms with E-state index in [1.807, 2.05) is 60.7 Å². The first-order chi connectivity index (χ1) is 13.7. The van der Waals surface area contributed by atoms with Crippen LogP contribution in [-0.2, 0) is 9.53 Å². The number of aromatic nitrogens is 3. The molecule has 1 saturated heterocycles. The van der Waals surface area contributed by atoms with Crippen LogP contribution in [0.1, 0.15) is 23.5 Å². The van der Waals surface area contributed by atoms with Crippen LogP contribution in [0.4, 0.5) is 0 Å². The number of para-hydroxylation sites is 1. The average molecular weight is 376 g/mol. The van der Waals surface area contributed by atoms with E-state index in [0.29, 0.717) is 5.82 Å². The predicted molar refractivity (Wildman–Crippen MR) is 103 cm³/mol. The smallest absolute Gasteiger partial charge is 0.378 e. The molecular formula is C21H20N4O3. The van der Waals surface area contributed by atoms with Crippen molar-refractivity contribution in [2.75, 3.05) is 19.7 Å². The van der Waals surface area contributed by atoms with E-state index >= 15 is 0 Å². The Morgan fingerprint density at radius 2 is 1.57 bits per heavy atom. The highest BCUT2D eigenvalue weighted by Crippen LogP contribution is 2.21. The van der Waals surface area contributed by atoms with Gasteiger partial charge in [-0.1, -0.05) is 48.5 Å². The van der Waals surface area contributed by atoms with E-state index < -0.39 is 5.97 Å². The number of carbonyl (C=O) groups is 2. The quantitative estimate of drug-likeness (QED) is 0.640. The van der Waals surface area contributed by atoms with Crippen molar-refractivity contribution in [2.24, 2.45) is 0 Å². The third-order valence-corrected chi connectivity index (χ3v) is 4.61. The zero-order valence-corrected chi connectivity index (χ0v) is 15.3. The summed E-state index contributed by atoms with van der Waals surface area (Å²) >= 11 is 0. The molecule has 7 nitrogen and oxygen atoms in total. The Morgan fingerprint density at radius 1 is 0.929 bits per heavy atom. The second-order valence-electron chi connectivity index (χ2n) is 6.54. The van der Waals surface area contributed by atoms with Gasteiger partial charge in [0.15, 0.2) is 12.4 Å². The van der Waals surface area contributed by atoms with Gasteiger partial charge in [-0.15, -0.1) is 5.10 Å². The second kappa shape index (κ2) is 8.04. The van der Waals surface area contributed by atoms with Crippen molar-refractivity contribution in [1.29, 1.82) is 0 Å². The number of carbonyl (C=O) groups excluding carboxylic acids is 2. The van der Waals surface area contributed by atoms with Gasteiger partial charge in [0.05, 0.1) is 5.69 Å². The summed E-state index contributed by atoms with van der Waals surface area (Å²) in [7, 11) is 0. The molecule has 28 heavy (non-hydrogen) atoms. The zero-order chi connectivity index (χ0) is 19.3. The van der Waals surface area contributed by atoms with Crippen molar-refractivity contribution in [3.05, 3.63) is 66.5 Å². The highest BCUT2D eigenvalue weighted by Gasteiger charge is 2.23. The third-order valence-electron chi connectivity index (χ3n) is 4.61. The lowest BCUT2D eigenvalue weighted by molar-refractivity contribution is -0.133. The van der Waals surface area contributed by atoms with Gasteiger partial charge in [0.2, 0.25) is 0 Å². The molecular weight excluding hydrogens is 356 g/mol. The number of likely N-dealkylation sites (tertiary alicyclic amines) is 1. The minimum absolute atomic E-state index is 0.0723. The summed E-state index contributed by atoms with van der Waals surface area (Å²) < 4.78 is 6.78. The van der Waals surface area contributed by atoms with Crippen molar-refractivity contribution < 1.29 is 14.3 Å². The van der Waals surface area contributed by atoms with Crippen LogP contribution in [0.25, 0.3) is 17.1 Å². The molecule has 0 N–H and O–H groups in total. The highest BCUT2D eigenvalue weighted by atomic mass is 16.5. The van der Waals surface area contributed by atoms with Gasteiger partial charge in [0.25, 0.3) is 11.7 Å². The van der Waals surface area contributed by atoms with E-state index in [-0.39, 0.29) is 18.3 Å². The van der Waals surface area contributed by atoms with E-state index in [4.69, 9.17) is 4.74 Å². The largest absolute Gasteiger partial charge is 0.450 e. The molecule has 1 fully saturated rings. The Bertz CT molecular complexity index is 907. The fourth-order valence-electron chi connectivity index (χ4n) is 3.17. The fourth-order valence-corrected chi connectivity index (χ4v) is 3.17. The second-order valence-corrected chi connectivity index (χ2v) is 6.54. The minimum atomic E-state index is -0.709. The molecule has 1 aromatic heterocycles. The Labute approximate surface area is 162 Å². The molecule has 1 amide bonds. The van der Waals surface area contributed by atoms with Crippen LogP contribution in [0.3, 0.4) is 0 Å². The van der Waals surface area contributed by atoms with Gasteiger partial charge < -0.3 is 9.64 Å². The van der Waals surface area contributed by atoms with Crippen molar-refractivity contribution in [3.63, 3.8) is 0 Å². The van der Waals surface area contributed by atoms with Crippen LogP contribution in [0.5, 0.6) is 0 Å². The Kier molecular flexibility index (Phi) is 5.14. The number of amides is 1. The lowest BCUT2D eigenvalue weighted by Crippen LogP contribution is -2.32. The number of rotatable bonds is 5. The normalized spacial score (nSPS) is 13.5. The number of benzene rings is 2. The molecule has 0 unspecified atom stereocenters. The SMILES string of the molecule is O=C(OCC(=O)N1CCCC1)c1nc(-c2ccccc2)n(-c2ccccc2)n1. The summed E-state index contributed by atoms with van der Waals surface area (Å²) in [4.78, 5) is 30.7. The number of hydrogen-bond donors (Lipinski definition) is 0. The minimum Gasteiger partial charge on any atom is -0.450 e. The molecule has 1 aliphatic rings. The van der Waals surface area contributed by atoms with Gasteiger partial charge >= 0.3 is 5.97 Å². The van der Waals surface area contributed by atoms with Crippen LogP contribution in [0.15, 0.2) is 60.7 Å². The van der Waals surface area contributed by atoms with Gasteiger partial charge in [-0.3, -0.25) is 4.79 Å². The lowest BCUT2D eigenvalue weighted by atomic mass is 10.2. The maximum atomic E-state index is 12.5. The van der Waals surface area contributed by atoms with Crippen LogP contribution in [0, 0.1) is 0 Å². The molecule has 7 heteroatoms. The zero-order valence-electron chi connectivity index (χ0n) is 15.3.